The average molecular weight is 511 g/mol. The molecule has 0 aromatic heterocycles. The van der Waals surface area contributed by atoms with Gasteiger partial charge in [-0.2, -0.15) is 0 Å². The number of rotatable bonds is 7. The van der Waals surface area contributed by atoms with Gasteiger partial charge >= 0.3 is 0 Å². The van der Waals surface area contributed by atoms with Gasteiger partial charge in [0, 0.05) is 37.3 Å². The number of nitrogens with one attached hydrogen (secondary N) is 2. The number of imide groups is 1. The molecule has 3 amide bonds. The van der Waals surface area contributed by atoms with Gasteiger partial charge in [0.1, 0.15) is 17.9 Å². The van der Waals surface area contributed by atoms with Gasteiger partial charge in [-0.15, -0.1) is 0 Å². The van der Waals surface area contributed by atoms with E-state index < -0.39 is 11.9 Å². The van der Waals surface area contributed by atoms with Crippen LogP contribution < -0.4 is 20.3 Å². The Balaban J connectivity index is 1.18. The minimum Gasteiger partial charge on any atom is -0.487 e. The third kappa shape index (κ3) is 4.87. The monoisotopic (exact) mass is 510 g/mol. The van der Waals surface area contributed by atoms with Crippen molar-refractivity contribution in [2.75, 3.05) is 18.0 Å². The molecule has 0 spiro atoms. The van der Waals surface area contributed by atoms with Gasteiger partial charge in [0.25, 0.3) is 5.91 Å². The number of carbonyl (C=O) groups is 3. The largest absolute Gasteiger partial charge is 0.487 e. The first kappa shape index (κ1) is 24.2. The van der Waals surface area contributed by atoms with Crippen LogP contribution >= 0.6 is 0 Å². The first-order chi connectivity index (χ1) is 18.5. The molecule has 38 heavy (non-hydrogen) atoms. The summed E-state index contributed by atoms with van der Waals surface area (Å²) in [6.45, 7) is 2.62. The highest BCUT2D eigenvalue weighted by Crippen LogP contribution is 2.31. The Morgan fingerprint density at radius 3 is 2.45 bits per heavy atom. The number of fused-ring (bicyclic) bond motifs is 1. The Hall–Kier alpha value is -4.17. The van der Waals surface area contributed by atoms with Crippen molar-refractivity contribution in [2.45, 2.75) is 44.1 Å². The Labute approximate surface area is 221 Å². The fraction of sp³-hybridized carbons (Fsp3) is 0.300. The number of para-hydroxylation sites is 1. The Morgan fingerprint density at radius 2 is 1.68 bits per heavy atom. The van der Waals surface area contributed by atoms with Gasteiger partial charge < -0.3 is 19.9 Å². The van der Waals surface area contributed by atoms with Crippen LogP contribution in [0.15, 0.2) is 78.9 Å². The zero-order valence-corrected chi connectivity index (χ0v) is 21.0. The predicted molar refractivity (Wildman–Crippen MR) is 143 cm³/mol. The van der Waals surface area contributed by atoms with Crippen LogP contribution in [0.2, 0.25) is 0 Å². The fourth-order valence-corrected chi connectivity index (χ4v) is 5.58. The molecule has 3 aliphatic heterocycles. The topological polar surface area (TPSA) is 91.0 Å². The molecule has 0 saturated carbocycles. The minimum atomic E-state index is -0.627. The first-order valence-corrected chi connectivity index (χ1v) is 13.1. The maximum absolute atomic E-state index is 13.1. The van der Waals surface area contributed by atoms with Gasteiger partial charge in [-0.1, -0.05) is 48.5 Å². The molecule has 0 radical (unpaired) electrons. The van der Waals surface area contributed by atoms with Crippen molar-refractivity contribution < 1.29 is 19.1 Å². The molecule has 3 aromatic rings. The third-order valence-electron chi connectivity index (χ3n) is 7.58. The zero-order valence-electron chi connectivity index (χ0n) is 21.0. The van der Waals surface area contributed by atoms with Crippen LogP contribution in [-0.4, -0.2) is 53.9 Å². The highest BCUT2D eigenvalue weighted by atomic mass is 16.5. The van der Waals surface area contributed by atoms with E-state index in [2.05, 4.69) is 39.8 Å². The van der Waals surface area contributed by atoms with Gasteiger partial charge in [-0.25, -0.2) is 0 Å². The van der Waals surface area contributed by atoms with Crippen molar-refractivity contribution in [3.05, 3.63) is 95.6 Å². The number of carbonyl (C=O) groups excluding carboxylic acids is 3. The summed E-state index contributed by atoms with van der Waals surface area (Å²) in [6.07, 6.45) is 0.488. The van der Waals surface area contributed by atoms with Crippen LogP contribution in [0.1, 0.15) is 34.3 Å². The molecule has 1 unspecified atom stereocenters. The van der Waals surface area contributed by atoms with E-state index in [0.29, 0.717) is 24.3 Å². The second-order valence-electron chi connectivity index (χ2n) is 10.1. The van der Waals surface area contributed by atoms with E-state index in [9.17, 15) is 14.4 Å². The van der Waals surface area contributed by atoms with Crippen molar-refractivity contribution in [1.29, 1.82) is 0 Å². The first-order valence-electron chi connectivity index (χ1n) is 13.1. The second-order valence-corrected chi connectivity index (χ2v) is 10.1. The van der Waals surface area contributed by atoms with Crippen molar-refractivity contribution in [2.24, 2.45) is 0 Å². The molecule has 8 heteroatoms. The molecule has 8 nitrogen and oxygen atoms in total. The molecule has 2 fully saturated rings. The third-order valence-corrected chi connectivity index (χ3v) is 7.58. The molecular weight excluding hydrogens is 480 g/mol. The van der Waals surface area contributed by atoms with E-state index in [4.69, 9.17) is 4.74 Å². The normalized spacial score (nSPS) is 22.9. The number of hydrogen-bond donors (Lipinski definition) is 2. The number of nitrogens with zero attached hydrogens (tertiary/aromatic N) is 2. The van der Waals surface area contributed by atoms with Crippen LogP contribution in [0.25, 0.3) is 0 Å². The molecule has 0 aliphatic carbocycles. The molecule has 194 valence electrons. The highest BCUT2D eigenvalue weighted by Gasteiger charge is 2.40. The van der Waals surface area contributed by atoms with E-state index in [0.717, 1.165) is 30.9 Å². The summed E-state index contributed by atoms with van der Waals surface area (Å²) in [5.41, 5.74) is 3.79. The second kappa shape index (κ2) is 10.3. The molecule has 3 heterocycles. The standard InChI is InChI=1S/C30H30N4O4/c35-28-14-13-26(29(36)32-28)34-17-21-15-23(11-12-24(21)30(34)37)38-27-19-33(22-9-5-2-6-10-22)18-25(27)31-16-20-7-3-1-4-8-20/h1-12,15,25-27,31H,13-14,16-19H2,(H,32,35,36)/t25-,26?,27-/m0/s1. The van der Waals surface area contributed by atoms with Gasteiger partial charge in [0.15, 0.2) is 0 Å². The number of ether oxygens (including phenoxy) is 1. The quantitative estimate of drug-likeness (QED) is 0.475. The van der Waals surface area contributed by atoms with Crippen molar-refractivity contribution in [3.8, 4) is 5.75 Å². The summed E-state index contributed by atoms with van der Waals surface area (Å²) in [7, 11) is 0. The van der Waals surface area contributed by atoms with Crippen molar-refractivity contribution in [1.82, 2.24) is 15.5 Å². The lowest BCUT2D eigenvalue weighted by molar-refractivity contribution is -0.136. The summed E-state index contributed by atoms with van der Waals surface area (Å²) >= 11 is 0. The van der Waals surface area contributed by atoms with E-state index in [1.165, 1.54) is 5.56 Å². The van der Waals surface area contributed by atoms with Gasteiger partial charge in [-0.05, 0) is 47.9 Å². The van der Waals surface area contributed by atoms with Crippen LogP contribution in [-0.2, 0) is 22.7 Å². The maximum atomic E-state index is 13.1. The van der Waals surface area contributed by atoms with Crippen LogP contribution in [0.5, 0.6) is 5.75 Å². The van der Waals surface area contributed by atoms with Gasteiger partial charge in [0.05, 0.1) is 12.6 Å². The molecule has 3 atom stereocenters. The van der Waals surface area contributed by atoms with Crippen LogP contribution in [0.4, 0.5) is 5.69 Å². The summed E-state index contributed by atoms with van der Waals surface area (Å²) in [5, 5.41) is 6.04. The maximum Gasteiger partial charge on any atom is 0.255 e. The fourth-order valence-electron chi connectivity index (χ4n) is 5.58. The summed E-state index contributed by atoms with van der Waals surface area (Å²) in [6, 6.07) is 25.7. The Bertz CT molecular complexity index is 1350. The number of benzene rings is 3. The Morgan fingerprint density at radius 1 is 0.921 bits per heavy atom. The average Bonchev–Trinajstić information content (AvgIpc) is 3.49. The number of hydrogen-bond acceptors (Lipinski definition) is 6. The molecular formula is C30H30N4O4. The van der Waals surface area contributed by atoms with Crippen LogP contribution in [0, 0.1) is 0 Å². The number of anilines is 1. The highest BCUT2D eigenvalue weighted by molar-refractivity contribution is 6.05. The van der Waals surface area contributed by atoms with E-state index in [-0.39, 0.29) is 30.4 Å². The summed E-state index contributed by atoms with van der Waals surface area (Å²) in [5.74, 6) is -0.173. The predicted octanol–water partition coefficient (Wildman–Crippen LogP) is 2.87. The lowest BCUT2D eigenvalue weighted by atomic mass is 10.0. The lowest BCUT2D eigenvalue weighted by Gasteiger charge is -2.29. The molecule has 0 bridgehead atoms. The molecule has 3 aromatic carbocycles. The van der Waals surface area contributed by atoms with Gasteiger partial charge in [0.2, 0.25) is 11.8 Å². The molecule has 6 rings (SSSR count). The molecule has 2 N–H and O–H groups in total. The smallest absolute Gasteiger partial charge is 0.255 e. The summed E-state index contributed by atoms with van der Waals surface area (Å²) in [4.78, 5) is 40.9. The van der Waals surface area contributed by atoms with Gasteiger partial charge in [-0.3, -0.25) is 19.7 Å². The number of piperidine rings is 1. The lowest BCUT2D eigenvalue weighted by Crippen LogP contribution is -2.52. The van der Waals surface area contributed by atoms with Crippen molar-refractivity contribution in [3.63, 3.8) is 0 Å². The Kier molecular flexibility index (Phi) is 6.55. The van der Waals surface area contributed by atoms with E-state index >= 15 is 0 Å². The summed E-state index contributed by atoms with van der Waals surface area (Å²) < 4.78 is 6.55. The molecule has 2 saturated heterocycles. The SMILES string of the molecule is O=C1CCC(N2Cc3cc(O[C@H]4CN(c5ccccc5)C[C@@H]4NCc4ccccc4)ccc3C2=O)C(=O)N1. The minimum absolute atomic E-state index is 0.0969. The van der Waals surface area contributed by atoms with Crippen LogP contribution in [0.3, 0.4) is 0 Å². The van der Waals surface area contributed by atoms with E-state index in [1.807, 2.05) is 48.5 Å². The van der Waals surface area contributed by atoms with Crippen molar-refractivity contribution >= 4 is 23.4 Å². The van der Waals surface area contributed by atoms with E-state index in [1.54, 1.807) is 11.0 Å². The zero-order chi connectivity index (χ0) is 26.1. The molecule has 3 aliphatic rings. The number of amides is 3.